The molecule has 0 N–H and O–H groups in total. The lowest BCUT2D eigenvalue weighted by Crippen LogP contribution is -2.51. The molecule has 2 atom stereocenters. The standard InChI is InChI=1S/C32H33F3N4O4/c1-31(2,3)43-30(41)39-21-6-5-7-24(39)29-23-10-9-20(14-25(23)37(4)26(29)15-21)38-13-12-22(16-28(38)40)42-18-19-8-11-27(36-17-19)32(33,34)35/h8-14,16-17,21,24H,5-7,15,18H2,1-4H3. The maximum atomic E-state index is 13.3. The third-order valence-corrected chi connectivity index (χ3v) is 8.15. The monoisotopic (exact) mass is 594 g/mol. The molecule has 1 amide bonds. The summed E-state index contributed by atoms with van der Waals surface area (Å²) in [6.07, 6.45) is 1.53. The lowest BCUT2D eigenvalue weighted by Gasteiger charge is -2.46. The number of benzene rings is 1. The first-order valence-electron chi connectivity index (χ1n) is 14.3. The number of hydrogen-bond donors (Lipinski definition) is 0. The molecule has 226 valence electrons. The van der Waals surface area contributed by atoms with Crippen LogP contribution in [0.5, 0.6) is 5.75 Å². The minimum absolute atomic E-state index is 0.0298. The van der Waals surface area contributed by atoms with Crippen molar-refractivity contribution in [2.45, 2.75) is 76.9 Å². The van der Waals surface area contributed by atoms with E-state index in [0.717, 1.165) is 54.4 Å². The van der Waals surface area contributed by atoms with Crippen LogP contribution in [0, 0.1) is 0 Å². The van der Waals surface area contributed by atoms with E-state index in [-0.39, 0.29) is 30.3 Å². The van der Waals surface area contributed by atoms with Crippen LogP contribution in [0.3, 0.4) is 0 Å². The molecule has 2 unspecified atom stereocenters. The van der Waals surface area contributed by atoms with Crippen molar-refractivity contribution in [3.63, 3.8) is 0 Å². The quantitative estimate of drug-likeness (QED) is 0.263. The van der Waals surface area contributed by atoms with Gasteiger partial charge in [0, 0.05) is 60.2 Å². The van der Waals surface area contributed by atoms with Gasteiger partial charge in [0.05, 0.1) is 17.2 Å². The van der Waals surface area contributed by atoms with Gasteiger partial charge < -0.3 is 14.0 Å². The molecule has 2 aliphatic heterocycles. The Kier molecular flexibility index (Phi) is 7.01. The molecule has 1 fully saturated rings. The fourth-order valence-electron chi connectivity index (χ4n) is 6.26. The van der Waals surface area contributed by atoms with Gasteiger partial charge in [0.1, 0.15) is 23.7 Å². The average molecular weight is 595 g/mol. The number of nitrogens with zero attached hydrogens (tertiary/aromatic N) is 4. The molecule has 6 rings (SSSR count). The van der Waals surface area contributed by atoms with Crippen molar-refractivity contribution in [1.82, 2.24) is 19.0 Å². The highest BCUT2D eigenvalue weighted by Gasteiger charge is 2.44. The van der Waals surface area contributed by atoms with Crippen LogP contribution in [0.2, 0.25) is 0 Å². The number of aromatic nitrogens is 3. The molecule has 8 nitrogen and oxygen atoms in total. The maximum absolute atomic E-state index is 13.3. The summed E-state index contributed by atoms with van der Waals surface area (Å²) in [5.41, 5.74) is 2.60. The molecule has 2 aliphatic rings. The van der Waals surface area contributed by atoms with Crippen LogP contribution in [0.25, 0.3) is 16.6 Å². The number of hydrogen-bond acceptors (Lipinski definition) is 5. The molecule has 0 aliphatic carbocycles. The van der Waals surface area contributed by atoms with Crippen molar-refractivity contribution in [2.24, 2.45) is 7.05 Å². The van der Waals surface area contributed by atoms with Gasteiger partial charge in [-0.1, -0.05) is 12.1 Å². The van der Waals surface area contributed by atoms with Crippen molar-refractivity contribution in [1.29, 1.82) is 0 Å². The molecule has 11 heteroatoms. The Morgan fingerprint density at radius 2 is 1.86 bits per heavy atom. The van der Waals surface area contributed by atoms with Crippen molar-refractivity contribution >= 4 is 17.0 Å². The van der Waals surface area contributed by atoms with Gasteiger partial charge in [0.15, 0.2) is 0 Å². The molecular formula is C32H33F3N4O4. The summed E-state index contributed by atoms with van der Waals surface area (Å²) in [6, 6.07) is 11.1. The Balaban J connectivity index is 1.26. The highest BCUT2D eigenvalue weighted by atomic mass is 19.4. The molecule has 1 aromatic carbocycles. The molecule has 5 heterocycles. The summed E-state index contributed by atoms with van der Waals surface area (Å²) in [6.45, 7) is 5.62. The second-order valence-corrected chi connectivity index (χ2v) is 12.2. The number of piperidine rings is 1. The molecule has 3 aromatic heterocycles. The van der Waals surface area contributed by atoms with Gasteiger partial charge in [-0.2, -0.15) is 13.2 Å². The highest BCUT2D eigenvalue weighted by Crippen LogP contribution is 2.46. The van der Waals surface area contributed by atoms with Crippen molar-refractivity contribution in [3.8, 4) is 11.4 Å². The number of alkyl halides is 3. The lowest BCUT2D eigenvalue weighted by atomic mass is 9.82. The van der Waals surface area contributed by atoms with Crippen LogP contribution in [-0.2, 0) is 31.0 Å². The van der Waals surface area contributed by atoms with Gasteiger partial charge in [-0.15, -0.1) is 0 Å². The van der Waals surface area contributed by atoms with Gasteiger partial charge in [0.2, 0.25) is 0 Å². The number of ether oxygens (including phenoxy) is 2. The van der Waals surface area contributed by atoms with E-state index < -0.39 is 17.5 Å². The minimum Gasteiger partial charge on any atom is -0.489 e. The minimum atomic E-state index is -4.51. The van der Waals surface area contributed by atoms with E-state index in [9.17, 15) is 22.8 Å². The Morgan fingerprint density at radius 3 is 2.53 bits per heavy atom. The van der Waals surface area contributed by atoms with Crippen molar-refractivity contribution in [3.05, 3.63) is 87.7 Å². The maximum Gasteiger partial charge on any atom is 0.433 e. The van der Waals surface area contributed by atoms with Crippen LogP contribution in [0.4, 0.5) is 18.0 Å². The molecule has 0 spiro atoms. The largest absolute Gasteiger partial charge is 0.489 e. The Morgan fingerprint density at radius 1 is 1.07 bits per heavy atom. The molecule has 0 radical (unpaired) electrons. The molecule has 1 saturated heterocycles. The summed E-state index contributed by atoms with van der Waals surface area (Å²) in [4.78, 5) is 31.7. The highest BCUT2D eigenvalue weighted by molar-refractivity contribution is 5.89. The summed E-state index contributed by atoms with van der Waals surface area (Å²) < 4.78 is 53.4. The molecule has 2 bridgehead atoms. The van der Waals surface area contributed by atoms with E-state index in [1.54, 1.807) is 12.3 Å². The summed E-state index contributed by atoms with van der Waals surface area (Å²) in [7, 11) is 2.03. The summed E-state index contributed by atoms with van der Waals surface area (Å²) in [5.74, 6) is 0.297. The van der Waals surface area contributed by atoms with Gasteiger partial charge in [0.25, 0.3) is 5.56 Å². The lowest BCUT2D eigenvalue weighted by molar-refractivity contribution is -0.141. The summed E-state index contributed by atoms with van der Waals surface area (Å²) in [5, 5.41) is 1.05. The van der Waals surface area contributed by atoms with Gasteiger partial charge in [-0.25, -0.2) is 4.79 Å². The number of aryl methyl sites for hydroxylation is 1. The number of carbonyl (C=O) groups is 1. The second kappa shape index (κ2) is 10.5. The van der Waals surface area contributed by atoms with Gasteiger partial charge >= 0.3 is 12.3 Å². The average Bonchev–Trinajstić information content (AvgIpc) is 3.21. The predicted octanol–water partition coefficient (Wildman–Crippen LogP) is 6.71. The molecule has 0 saturated carbocycles. The number of pyridine rings is 2. The Bertz CT molecular complexity index is 1750. The molecule has 43 heavy (non-hydrogen) atoms. The van der Waals surface area contributed by atoms with E-state index in [2.05, 4.69) is 9.55 Å². The topological polar surface area (TPSA) is 78.6 Å². The summed E-state index contributed by atoms with van der Waals surface area (Å²) >= 11 is 0. The van der Waals surface area contributed by atoms with Crippen LogP contribution in [0.1, 0.15) is 68.6 Å². The smallest absolute Gasteiger partial charge is 0.433 e. The Hall–Kier alpha value is -4.28. The zero-order valence-electron chi connectivity index (χ0n) is 24.4. The number of fused-ring (bicyclic) bond motifs is 6. The first kappa shape index (κ1) is 28.8. The van der Waals surface area contributed by atoms with E-state index in [0.29, 0.717) is 17.0 Å². The SMILES string of the molecule is Cn1c2c(c3ccc(-n4ccc(OCc5ccc(C(F)(F)F)nc5)cc4=O)cc31)C1CCCC(C2)N1C(=O)OC(C)(C)C. The Labute approximate surface area is 246 Å². The fourth-order valence-corrected chi connectivity index (χ4v) is 6.26. The number of carbonyl (C=O) groups excluding carboxylic acids is 1. The number of rotatable bonds is 4. The van der Waals surface area contributed by atoms with Crippen molar-refractivity contribution < 1.29 is 27.4 Å². The van der Waals surface area contributed by atoms with Gasteiger partial charge in [-0.05, 0) is 64.3 Å². The fraction of sp³-hybridized carbons (Fsp3) is 0.406. The van der Waals surface area contributed by atoms with E-state index >= 15 is 0 Å². The zero-order chi connectivity index (χ0) is 30.7. The van der Waals surface area contributed by atoms with Crippen LogP contribution in [-0.4, -0.2) is 36.8 Å². The van der Waals surface area contributed by atoms with Crippen LogP contribution in [0.15, 0.2) is 59.7 Å². The molecular weight excluding hydrogens is 561 g/mol. The van der Waals surface area contributed by atoms with E-state index in [1.165, 1.54) is 22.4 Å². The number of halogens is 3. The molecule has 4 aromatic rings. The first-order valence-corrected chi connectivity index (χ1v) is 14.3. The third kappa shape index (κ3) is 5.48. The van der Waals surface area contributed by atoms with Gasteiger partial charge in [-0.3, -0.25) is 19.2 Å². The van der Waals surface area contributed by atoms with Crippen LogP contribution < -0.4 is 10.3 Å². The van der Waals surface area contributed by atoms with E-state index in [4.69, 9.17) is 9.47 Å². The first-order chi connectivity index (χ1) is 20.3. The predicted molar refractivity (Wildman–Crippen MR) is 154 cm³/mol. The third-order valence-electron chi connectivity index (χ3n) is 8.15. The normalized spacial score (nSPS) is 18.4. The van der Waals surface area contributed by atoms with Crippen LogP contribution >= 0.6 is 0 Å². The zero-order valence-corrected chi connectivity index (χ0v) is 24.4. The second-order valence-electron chi connectivity index (χ2n) is 12.2. The van der Waals surface area contributed by atoms with Crippen molar-refractivity contribution in [2.75, 3.05) is 0 Å². The van der Waals surface area contributed by atoms with E-state index in [1.807, 2.05) is 50.9 Å². The number of amides is 1.